The average Bonchev–Trinajstić information content (AvgIpc) is 3.15. The second-order valence-electron chi connectivity index (χ2n) is 17.7. The van der Waals surface area contributed by atoms with E-state index in [1.54, 1.807) is 0 Å². The molecule has 0 heterocycles. The Balaban J connectivity index is 4.29. The summed E-state index contributed by atoms with van der Waals surface area (Å²) in [5.41, 5.74) is 0. The smallest absolute Gasteiger partial charge is 0.306 e. The van der Waals surface area contributed by atoms with Crippen molar-refractivity contribution >= 4 is 17.9 Å². The van der Waals surface area contributed by atoms with Crippen LogP contribution in [0.5, 0.6) is 0 Å². The van der Waals surface area contributed by atoms with Gasteiger partial charge in [0, 0.05) is 19.3 Å². The highest BCUT2D eigenvalue weighted by molar-refractivity contribution is 5.71. The Bertz CT molecular complexity index is 839. The number of esters is 3. The molecule has 326 valence electrons. The molecule has 0 saturated carbocycles. The SMILES string of the molecule is CCCCCCCCCCCCC(=O)O[C@@H](COC(=O)CCCCCCCCCCCCCCC(C)C)COC(=O)CCCCCCCCCCCC(C)C. The minimum atomic E-state index is -0.760. The molecule has 6 nitrogen and oxygen atoms in total. The molecule has 0 aromatic heterocycles. The predicted octanol–water partition coefficient (Wildman–Crippen LogP) is 15.4. The van der Waals surface area contributed by atoms with E-state index in [1.807, 2.05) is 0 Å². The van der Waals surface area contributed by atoms with Crippen molar-refractivity contribution in [2.45, 2.75) is 272 Å². The van der Waals surface area contributed by atoms with E-state index in [9.17, 15) is 14.4 Å². The summed E-state index contributed by atoms with van der Waals surface area (Å²) >= 11 is 0. The molecule has 0 fully saturated rings. The summed E-state index contributed by atoms with van der Waals surface area (Å²) in [5, 5.41) is 0. The maximum Gasteiger partial charge on any atom is 0.306 e. The Morgan fingerprint density at radius 2 is 0.600 bits per heavy atom. The van der Waals surface area contributed by atoms with Gasteiger partial charge in [0.25, 0.3) is 0 Å². The van der Waals surface area contributed by atoms with Crippen LogP contribution in [0.15, 0.2) is 0 Å². The van der Waals surface area contributed by atoms with Gasteiger partial charge in [-0.15, -0.1) is 0 Å². The van der Waals surface area contributed by atoms with Crippen LogP contribution in [-0.2, 0) is 28.6 Å². The minimum Gasteiger partial charge on any atom is -0.462 e. The van der Waals surface area contributed by atoms with E-state index in [4.69, 9.17) is 14.2 Å². The zero-order valence-corrected chi connectivity index (χ0v) is 37.6. The van der Waals surface area contributed by atoms with Gasteiger partial charge in [0.1, 0.15) is 13.2 Å². The topological polar surface area (TPSA) is 78.9 Å². The maximum absolute atomic E-state index is 12.7. The van der Waals surface area contributed by atoms with Crippen LogP contribution in [0.1, 0.15) is 266 Å². The molecule has 0 aromatic carbocycles. The monoisotopic (exact) mass is 779 g/mol. The molecule has 0 saturated heterocycles. The van der Waals surface area contributed by atoms with Gasteiger partial charge in [-0.25, -0.2) is 0 Å². The van der Waals surface area contributed by atoms with Crippen LogP contribution in [0.3, 0.4) is 0 Å². The largest absolute Gasteiger partial charge is 0.462 e. The summed E-state index contributed by atoms with van der Waals surface area (Å²) in [6.07, 6.45) is 40.9. The number of carbonyl (C=O) groups excluding carboxylic acids is 3. The molecule has 0 N–H and O–H groups in total. The summed E-state index contributed by atoms with van der Waals surface area (Å²) in [7, 11) is 0. The van der Waals surface area contributed by atoms with Crippen LogP contribution in [0.2, 0.25) is 0 Å². The van der Waals surface area contributed by atoms with Crippen molar-refractivity contribution in [1.82, 2.24) is 0 Å². The summed E-state index contributed by atoms with van der Waals surface area (Å²) in [6, 6.07) is 0. The Hall–Kier alpha value is -1.59. The molecule has 0 spiro atoms. The van der Waals surface area contributed by atoms with E-state index >= 15 is 0 Å². The van der Waals surface area contributed by atoms with Crippen LogP contribution in [0, 0.1) is 11.8 Å². The van der Waals surface area contributed by atoms with Gasteiger partial charge in [-0.3, -0.25) is 14.4 Å². The lowest BCUT2D eigenvalue weighted by molar-refractivity contribution is -0.167. The molecule has 0 rings (SSSR count). The van der Waals surface area contributed by atoms with Gasteiger partial charge in [0.05, 0.1) is 0 Å². The van der Waals surface area contributed by atoms with E-state index in [0.29, 0.717) is 19.3 Å². The van der Waals surface area contributed by atoms with Crippen molar-refractivity contribution in [2.75, 3.05) is 13.2 Å². The number of hydrogen-bond donors (Lipinski definition) is 0. The Morgan fingerprint density at radius 1 is 0.345 bits per heavy atom. The lowest BCUT2D eigenvalue weighted by Crippen LogP contribution is -2.30. The standard InChI is InChI=1S/C49H94O6/c1-6-7-8-9-10-11-19-26-31-36-41-49(52)55-46(43-54-48(51)40-35-30-25-21-16-18-23-28-33-38-45(4)5)42-53-47(50)39-34-29-24-20-15-13-12-14-17-22-27-32-37-44(2)3/h44-46H,6-43H2,1-5H3/t46-/m0/s1. The normalized spacial score (nSPS) is 12.1. The van der Waals surface area contributed by atoms with E-state index in [1.165, 1.54) is 154 Å². The van der Waals surface area contributed by atoms with E-state index in [0.717, 1.165) is 69.6 Å². The van der Waals surface area contributed by atoms with Gasteiger partial charge >= 0.3 is 17.9 Å². The van der Waals surface area contributed by atoms with Crippen molar-refractivity contribution < 1.29 is 28.6 Å². The van der Waals surface area contributed by atoms with Gasteiger partial charge in [-0.2, -0.15) is 0 Å². The van der Waals surface area contributed by atoms with Crippen molar-refractivity contribution in [3.05, 3.63) is 0 Å². The van der Waals surface area contributed by atoms with E-state index in [-0.39, 0.29) is 31.1 Å². The molecule has 0 bridgehead atoms. The molecule has 1 atom stereocenters. The lowest BCUT2D eigenvalue weighted by Gasteiger charge is -2.18. The van der Waals surface area contributed by atoms with Crippen molar-refractivity contribution in [3.63, 3.8) is 0 Å². The fraction of sp³-hybridized carbons (Fsp3) is 0.939. The Morgan fingerprint density at radius 3 is 0.891 bits per heavy atom. The quantitative estimate of drug-likeness (QED) is 0.0348. The predicted molar refractivity (Wildman–Crippen MR) is 233 cm³/mol. The number of carbonyl (C=O) groups is 3. The van der Waals surface area contributed by atoms with E-state index < -0.39 is 6.10 Å². The number of ether oxygens (including phenoxy) is 3. The molecular weight excluding hydrogens is 685 g/mol. The first-order valence-corrected chi connectivity index (χ1v) is 24.2. The van der Waals surface area contributed by atoms with Crippen LogP contribution in [0.4, 0.5) is 0 Å². The summed E-state index contributed by atoms with van der Waals surface area (Å²) < 4.78 is 16.7. The highest BCUT2D eigenvalue weighted by Crippen LogP contribution is 2.17. The van der Waals surface area contributed by atoms with Crippen LogP contribution < -0.4 is 0 Å². The molecule has 0 aliphatic rings. The molecule has 0 amide bonds. The Kier molecular flexibility index (Phi) is 40.8. The van der Waals surface area contributed by atoms with Gasteiger partial charge < -0.3 is 14.2 Å². The zero-order chi connectivity index (χ0) is 40.5. The fourth-order valence-corrected chi connectivity index (χ4v) is 7.28. The third-order valence-corrected chi connectivity index (χ3v) is 11.0. The summed E-state index contributed by atoms with van der Waals surface area (Å²) in [5.74, 6) is 0.788. The maximum atomic E-state index is 12.7. The highest BCUT2D eigenvalue weighted by atomic mass is 16.6. The summed E-state index contributed by atoms with van der Waals surface area (Å²) in [4.78, 5) is 37.8. The first-order valence-electron chi connectivity index (χ1n) is 24.2. The van der Waals surface area contributed by atoms with Gasteiger partial charge in [-0.05, 0) is 31.1 Å². The molecular formula is C49H94O6. The van der Waals surface area contributed by atoms with E-state index in [2.05, 4.69) is 34.6 Å². The molecule has 0 aliphatic heterocycles. The molecule has 0 aromatic rings. The van der Waals surface area contributed by atoms with Crippen molar-refractivity contribution in [2.24, 2.45) is 11.8 Å². The second-order valence-corrected chi connectivity index (χ2v) is 17.7. The van der Waals surface area contributed by atoms with Gasteiger partial charge in [0.2, 0.25) is 0 Å². The number of unbranched alkanes of at least 4 members (excludes halogenated alkanes) is 28. The Labute approximate surface area is 342 Å². The van der Waals surface area contributed by atoms with Crippen LogP contribution in [-0.4, -0.2) is 37.2 Å². The average molecular weight is 779 g/mol. The number of rotatable bonds is 43. The highest BCUT2D eigenvalue weighted by Gasteiger charge is 2.19. The molecule has 0 unspecified atom stereocenters. The van der Waals surface area contributed by atoms with Crippen LogP contribution in [0.25, 0.3) is 0 Å². The molecule has 0 radical (unpaired) electrons. The number of hydrogen-bond acceptors (Lipinski definition) is 6. The molecule has 0 aliphatic carbocycles. The first-order chi connectivity index (χ1) is 26.7. The van der Waals surface area contributed by atoms with Gasteiger partial charge in [0.15, 0.2) is 6.10 Å². The third kappa shape index (κ3) is 43.4. The second kappa shape index (κ2) is 42.0. The molecule has 55 heavy (non-hydrogen) atoms. The first kappa shape index (κ1) is 53.4. The lowest BCUT2D eigenvalue weighted by atomic mass is 10.0. The minimum absolute atomic E-state index is 0.0644. The van der Waals surface area contributed by atoms with Crippen LogP contribution >= 0.6 is 0 Å². The fourth-order valence-electron chi connectivity index (χ4n) is 7.28. The zero-order valence-electron chi connectivity index (χ0n) is 37.6. The van der Waals surface area contributed by atoms with Crippen molar-refractivity contribution in [3.8, 4) is 0 Å². The third-order valence-electron chi connectivity index (χ3n) is 11.0. The summed E-state index contributed by atoms with van der Waals surface area (Å²) in [6.45, 7) is 11.3. The van der Waals surface area contributed by atoms with Crippen molar-refractivity contribution in [1.29, 1.82) is 0 Å². The van der Waals surface area contributed by atoms with Gasteiger partial charge in [-0.1, -0.05) is 227 Å². The molecule has 6 heteroatoms.